The molecule has 0 aromatic heterocycles. The third kappa shape index (κ3) is 11.8. The van der Waals surface area contributed by atoms with Gasteiger partial charge in [0, 0.05) is 24.7 Å². The van der Waals surface area contributed by atoms with E-state index in [-0.39, 0.29) is 11.4 Å². The number of rotatable bonds is 11. The Balaban J connectivity index is 1.93. The second-order valence-electron chi connectivity index (χ2n) is 6.44. The standard InChI is InChI=1S/C19H30N2O3/c1-19(2,3)21-12-14-24-16-15-23-13-11-20-18(22)10-9-17-7-5-4-6-8-17/h4-10,21H,11-16H2,1-3H3,(H,20,22)/b10-9+. The van der Waals surface area contributed by atoms with Crippen LogP contribution in [0.1, 0.15) is 26.3 Å². The lowest BCUT2D eigenvalue weighted by atomic mass is 10.1. The summed E-state index contributed by atoms with van der Waals surface area (Å²) in [6, 6.07) is 9.72. The maximum absolute atomic E-state index is 11.6. The number of nitrogens with one attached hydrogen (secondary N) is 2. The van der Waals surface area contributed by atoms with Crippen molar-refractivity contribution in [3.63, 3.8) is 0 Å². The molecule has 0 aliphatic heterocycles. The summed E-state index contributed by atoms with van der Waals surface area (Å²) in [6.07, 6.45) is 3.32. The van der Waals surface area contributed by atoms with Gasteiger partial charge < -0.3 is 20.1 Å². The molecule has 5 heteroatoms. The number of amides is 1. The smallest absolute Gasteiger partial charge is 0.244 e. The third-order valence-corrected chi connectivity index (χ3v) is 3.05. The van der Waals surface area contributed by atoms with Crippen LogP contribution in [-0.4, -0.2) is 51.0 Å². The highest BCUT2D eigenvalue weighted by molar-refractivity contribution is 5.91. The Kier molecular flexibility index (Phi) is 10.00. The predicted octanol–water partition coefficient (Wildman–Crippen LogP) is 2.24. The monoisotopic (exact) mass is 334 g/mol. The lowest BCUT2D eigenvalue weighted by molar-refractivity contribution is -0.116. The van der Waals surface area contributed by atoms with Gasteiger partial charge in [-0.25, -0.2) is 0 Å². The highest BCUT2D eigenvalue weighted by atomic mass is 16.5. The Hall–Kier alpha value is -1.69. The van der Waals surface area contributed by atoms with E-state index in [1.807, 2.05) is 30.3 Å². The largest absolute Gasteiger partial charge is 0.378 e. The zero-order valence-electron chi connectivity index (χ0n) is 15.0. The van der Waals surface area contributed by atoms with Crippen LogP contribution in [0.2, 0.25) is 0 Å². The molecular formula is C19H30N2O3. The second kappa shape index (κ2) is 11.8. The van der Waals surface area contributed by atoms with Crippen molar-refractivity contribution in [3.05, 3.63) is 42.0 Å². The van der Waals surface area contributed by atoms with Gasteiger partial charge in [-0.1, -0.05) is 30.3 Å². The summed E-state index contributed by atoms with van der Waals surface area (Å²) in [5.41, 5.74) is 1.12. The topological polar surface area (TPSA) is 59.6 Å². The van der Waals surface area contributed by atoms with Crippen molar-refractivity contribution in [1.29, 1.82) is 0 Å². The number of hydrogen-bond acceptors (Lipinski definition) is 4. The molecular weight excluding hydrogens is 304 g/mol. The molecule has 1 aromatic carbocycles. The van der Waals surface area contributed by atoms with E-state index in [2.05, 4.69) is 31.4 Å². The number of carbonyl (C=O) groups excluding carboxylic acids is 1. The molecule has 0 bridgehead atoms. The molecule has 0 unspecified atom stereocenters. The normalized spacial score (nSPS) is 11.8. The molecule has 1 amide bonds. The first-order valence-electron chi connectivity index (χ1n) is 8.39. The van der Waals surface area contributed by atoms with E-state index in [0.29, 0.717) is 33.0 Å². The van der Waals surface area contributed by atoms with Gasteiger partial charge in [0.2, 0.25) is 5.91 Å². The molecule has 5 nitrogen and oxygen atoms in total. The van der Waals surface area contributed by atoms with E-state index >= 15 is 0 Å². The van der Waals surface area contributed by atoms with Crippen LogP contribution in [0.4, 0.5) is 0 Å². The second-order valence-corrected chi connectivity index (χ2v) is 6.44. The molecule has 0 saturated heterocycles. The van der Waals surface area contributed by atoms with Crippen LogP contribution < -0.4 is 10.6 Å². The van der Waals surface area contributed by atoms with Gasteiger partial charge in [-0.05, 0) is 32.4 Å². The molecule has 1 aromatic rings. The zero-order valence-corrected chi connectivity index (χ0v) is 15.0. The van der Waals surface area contributed by atoms with Crippen LogP contribution in [-0.2, 0) is 14.3 Å². The Morgan fingerprint density at radius 3 is 2.25 bits per heavy atom. The molecule has 0 radical (unpaired) electrons. The summed E-state index contributed by atoms with van der Waals surface area (Å²) < 4.78 is 10.9. The lowest BCUT2D eigenvalue weighted by Gasteiger charge is -2.20. The van der Waals surface area contributed by atoms with E-state index in [4.69, 9.17) is 9.47 Å². The van der Waals surface area contributed by atoms with Gasteiger partial charge in [0.1, 0.15) is 0 Å². The van der Waals surface area contributed by atoms with Gasteiger partial charge >= 0.3 is 0 Å². The van der Waals surface area contributed by atoms with E-state index in [9.17, 15) is 4.79 Å². The molecule has 2 N–H and O–H groups in total. The predicted molar refractivity (Wildman–Crippen MR) is 97.9 cm³/mol. The van der Waals surface area contributed by atoms with Crippen LogP contribution in [0, 0.1) is 0 Å². The first kappa shape index (κ1) is 20.4. The lowest BCUT2D eigenvalue weighted by Crippen LogP contribution is -2.38. The van der Waals surface area contributed by atoms with Crippen LogP contribution in [0.15, 0.2) is 36.4 Å². The molecule has 0 aliphatic carbocycles. The van der Waals surface area contributed by atoms with Crippen molar-refractivity contribution in [2.24, 2.45) is 0 Å². The average molecular weight is 334 g/mol. The molecule has 0 saturated carbocycles. The van der Waals surface area contributed by atoms with Crippen molar-refractivity contribution < 1.29 is 14.3 Å². The molecule has 0 atom stereocenters. The Morgan fingerprint density at radius 1 is 1.00 bits per heavy atom. The van der Waals surface area contributed by atoms with Crippen LogP contribution in [0.5, 0.6) is 0 Å². The minimum atomic E-state index is -0.119. The first-order valence-corrected chi connectivity index (χ1v) is 8.39. The fourth-order valence-electron chi connectivity index (χ4n) is 1.86. The third-order valence-electron chi connectivity index (χ3n) is 3.05. The number of ether oxygens (including phenoxy) is 2. The minimum absolute atomic E-state index is 0.118. The maximum atomic E-state index is 11.6. The summed E-state index contributed by atoms with van der Waals surface area (Å²) in [5, 5.41) is 6.13. The Labute approximate surface area is 145 Å². The van der Waals surface area contributed by atoms with Crippen molar-refractivity contribution in [2.45, 2.75) is 26.3 Å². The Bertz CT molecular complexity index is 481. The van der Waals surface area contributed by atoms with Gasteiger partial charge in [-0.3, -0.25) is 4.79 Å². The molecule has 0 fully saturated rings. The van der Waals surface area contributed by atoms with Gasteiger partial charge in [-0.15, -0.1) is 0 Å². The zero-order chi connectivity index (χ0) is 17.7. The molecule has 0 heterocycles. The molecule has 134 valence electrons. The highest BCUT2D eigenvalue weighted by Crippen LogP contribution is 2.00. The van der Waals surface area contributed by atoms with Crippen LogP contribution in [0.25, 0.3) is 6.08 Å². The van der Waals surface area contributed by atoms with Gasteiger partial charge in [-0.2, -0.15) is 0 Å². The molecule has 1 rings (SSSR count). The quantitative estimate of drug-likeness (QED) is 0.481. The van der Waals surface area contributed by atoms with E-state index < -0.39 is 0 Å². The van der Waals surface area contributed by atoms with Gasteiger partial charge in [0.25, 0.3) is 0 Å². The summed E-state index contributed by atoms with van der Waals surface area (Å²) in [5.74, 6) is -0.119. The van der Waals surface area contributed by atoms with Crippen molar-refractivity contribution in [2.75, 3.05) is 39.5 Å². The highest BCUT2D eigenvalue weighted by Gasteiger charge is 2.06. The summed E-state index contributed by atoms with van der Waals surface area (Å²) in [4.78, 5) is 11.6. The fourth-order valence-corrected chi connectivity index (χ4v) is 1.86. The molecule has 0 aliphatic rings. The van der Waals surface area contributed by atoms with Crippen LogP contribution >= 0.6 is 0 Å². The molecule has 24 heavy (non-hydrogen) atoms. The maximum Gasteiger partial charge on any atom is 0.244 e. The van der Waals surface area contributed by atoms with Gasteiger partial charge in [0.15, 0.2) is 0 Å². The van der Waals surface area contributed by atoms with Crippen molar-refractivity contribution in [1.82, 2.24) is 10.6 Å². The minimum Gasteiger partial charge on any atom is -0.378 e. The summed E-state index contributed by atoms with van der Waals surface area (Å²) in [6.45, 7) is 9.93. The van der Waals surface area contributed by atoms with E-state index in [1.165, 1.54) is 6.08 Å². The SMILES string of the molecule is CC(C)(C)NCCOCCOCCNC(=O)/C=C/c1ccccc1. The average Bonchev–Trinajstić information content (AvgIpc) is 2.54. The Morgan fingerprint density at radius 2 is 1.62 bits per heavy atom. The van der Waals surface area contributed by atoms with Crippen molar-refractivity contribution >= 4 is 12.0 Å². The van der Waals surface area contributed by atoms with Gasteiger partial charge in [0.05, 0.1) is 26.4 Å². The summed E-state index contributed by atoms with van der Waals surface area (Å²) >= 11 is 0. The van der Waals surface area contributed by atoms with Crippen LogP contribution in [0.3, 0.4) is 0 Å². The number of carbonyl (C=O) groups is 1. The fraction of sp³-hybridized carbons (Fsp3) is 0.526. The van der Waals surface area contributed by atoms with E-state index in [1.54, 1.807) is 6.08 Å². The molecule has 0 spiro atoms. The van der Waals surface area contributed by atoms with E-state index in [0.717, 1.165) is 12.1 Å². The first-order chi connectivity index (χ1) is 11.5. The number of benzene rings is 1. The van der Waals surface area contributed by atoms with Crippen molar-refractivity contribution in [3.8, 4) is 0 Å². The summed E-state index contributed by atoms with van der Waals surface area (Å²) in [7, 11) is 0. The number of hydrogen-bond donors (Lipinski definition) is 2.